The zero-order valence-corrected chi connectivity index (χ0v) is 12.3. The first kappa shape index (κ1) is 15.8. The third-order valence-corrected chi connectivity index (χ3v) is 3.65. The van der Waals surface area contributed by atoms with Crippen molar-refractivity contribution in [1.82, 2.24) is 9.80 Å². The standard InChI is InChI=1S/C14H26N2O3/c1-11(2)7-9-15(3)14(19)16-8-5-4-6-12(16)10-13(17)18/h11-12H,4-10H2,1-3H3,(H,17,18). The Bertz CT molecular complexity index is 318. The Hall–Kier alpha value is -1.26. The van der Waals surface area contributed by atoms with Crippen LogP contribution >= 0.6 is 0 Å². The molecule has 1 saturated heterocycles. The van der Waals surface area contributed by atoms with Crippen molar-refractivity contribution in [3.63, 3.8) is 0 Å². The van der Waals surface area contributed by atoms with Crippen molar-refractivity contribution in [3.8, 4) is 0 Å². The van der Waals surface area contributed by atoms with Crippen LogP contribution in [0.3, 0.4) is 0 Å². The number of nitrogens with zero attached hydrogens (tertiary/aromatic N) is 2. The first-order chi connectivity index (χ1) is 8.91. The van der Waals surface area contributed by atoms with Crippen molar-refractivity contribution in [2.75, 3.05) is 20.1 Å². The van der Waals surface area contributed by atoms with Gasteiger partial charge in [0.2, 0.25) is 0 Å². The molecule has 5 heteroatoms. The lowest BCUT2D eigenvalue weighted by Crippen LogP contribution is -2.50. The monoisotopic (exact) mass is 270 g/mol. The summed E-state index contributed by atoms with van der Waals surface area (Å²) in [7, 11) is 1.80. The van der Waals surface area contributed by atoms with Crippen molar-refractivity contribution in [2.24, 2.45) is 5.92 Å². The second kappa shape index (κ2) is 7.36. The molecule has 5 nitrogen and oxygen atoms in total. The van der Waals surface area contributed by atoms with Gasteiger partial charge in [0.25, 0.3) is 0 Å². The topological polar surface area (TPSA) is 60.9 Å². The van der Waals surface area contributed by atoms with Gasteiger partial charge in [-0.25, -0.2) is 4.79 Å². The van der Waals surface area contributed by atoms with Crippen molar-refractivity contribution >= 4 is 12.0 Å². The van der Waals surface area contributed by atoms with Gasteiger partial charge in [0.15, 0.2) is 0 Å². The average Bonchev–Trinajstić information content (AvgIpc) is 2.35. The predicted octanol–water partition coefficient (Wildman–Crippen LogP) is 2.41. The van der Waals surface area contributed by atoms with Gasteiger partial charge < -0.3 is 14.9 Å². The molecular formula is C14H26N2O3. The summed E-state index contributed by atoms with van der Waals surface area (Å²) in [6, 6.07) is -0.160. The van der Waals surface area contributed by atoms with Crippen LogP contribution in [0.25, 0.3) is 0 Å². The Morgan fingerprint density at radius 2 is 2.05 bits per heavy atom. The number of carboxylic acids is 1. The summed E-state index contributed by atoms with van der Waals surface area (Å²) in [5.74, 6) is -0.263. The van der Waals surface area contributed by atoms with Crippen LogP contribution in [0.1, 0.15) is 46.0 Å². The summed E-state index contributed by atoms with van der Waals surface area (Å²) in [5, 5.41) is 8.93. The van der Waals surface area contributed by atoms with E-state index in [0.717, 1.165) is 32.2 Å². The minimum absolute atomic E-state index is 0.0217. The molecule has 0 bridgehead atoms. The molecule has 1 N–H and O–H groups in total. The Morgan fingerprint density at radius 1 is 1.37 bits per heavy atom. The molecule has 0 aromatic rings. The third-order valence-electron chi connectivity index (χ3n) is 3.65. The molecule has 0 saturated carbocycles. The molecule has 110 valence electrons. The van der Waals surface area contributed by atoms with E-state index in [4.69, 9.17) is 5.11 Å². The van der Waals surface area contributed by atoms with E-state index in [0.29, 0.717) is 12.5 Å². The minimum atomic E-state index is -0.825. The fraction of sp³-hybridized carbons (Fsp3) is 0.857. The molecule has 1 fully saturated rings. The van der Waals surface area contributed by atoms with Gasteiger partial charge in [-0.05, 0) is 31.6 Å². The predicted molar refractivity (Wildman–Crippen MR) is 74.1 cm³/mol. The molecule has 19 heavy (non-hydrogen) atoms. The van der Waals surface area contributed by atoms with E-state index in [-0.39, 0.29) is 18.5 Å². The van der Waals surface area contributed by atoms with Crippen LogP contribution in [-0.2, 0) is 4.79 Å². The summed E-state index contributed by atoms with van der Waals surface area (Å²) in [5.41, 5.74) is 0. The number of carbonyl (C=O) groups is 2. The lowest BCUT2D eigenvalue weighted by atomic mass is 10.00. The van der Waals surface area contributed by atoms with Gasteiger partial charge >= 0.3 is 12.0 Å². The molecular weight excluding hydrogens is 244 g/mol. The normalized spacial score (nSPS) is 19.6. The van der Waals surface area contributed by atoms with Gasteiger partial charge in [-0.15, -0.1) is 0 Å². The number of hydrogen-bond acceptors (Lipinski definition) is 2. The third kappa shape index (κ3) is 5.09. The molecule has 1 aliphatic heterocycles. The molecule has 1 heterocycles. The van der Waals surface area contributed by atoms with Crippen molar-refractivity contribution in [2.45, 2.75) is 52.0 Å². The van der Waals surface area contributed by atoms with Gasteiger partial charge in [0.05, 0.1) is 6.42 Å². The number of hydrogen-bond donors (Lipinski definition) is 1. The Kier molecular flexibility index (Phi) is 6.12. The van der Waals surface area contributed by atoms with E-state index in [1.54, 1.807) is 16.8 Å². The summed E-state index contributed by atoms with van der Waals surface area (Å²) in [6.07, 6.45) is 3.82. The van der Waals surface area contributed by atoms with E-state index in [2.05, 4.69) is 13.8 Å². The summed E-state index contributed by atoms with van der Waals surface area (Å²) >= 11 is 0. The number of carbonyl (C=O) groups excluding carboxylic acids is 1. The SMILES string of the molecule is CC(C)CCN(C)C(=O)N1CCCCC1CC(=O)O. The average molecular weight is 270 g/mol. The van der Waals surface area contributed by atoms with Gasteiger partial charge in [-0.2, -0.15) is 0 Å². The highest BCUT2D eigenvalue weighted by atomic mass is 16.4. The summed E-state index contributed by atoms with van der Waals surface area (Å²) in [4.78, 5) is 26.7. The van der Waals surface area contributed by atoms with Crippen molar-refractivity contribution in [3.05, 3.63) is 0 Å². The summed E-state index contributed by atoms with van der Waals surface area (Å²) in [6.45, 7) is 5.68. The molecule has 0 aliphatic carbocycles. The lowest BCUT2D eigenvalue weighted by Gasteiger charge is -2.37. The van der Waals surface area contributed by atoms with E-state index in [1.807, 2.05) is 0 Å². The van der Waals surface area contributed by atoms with E-state index in [1.165, 1.54) is 0 Å². The van der Waals surface area contributed by atoms with Crippen molar-refractivity contribution in [1.29, 1.82) is 0 Å². The molecule has 0 aromatic carbocycles. The van der Waals surface area contributed by atoms with E-state index in [9.17, 15) is 9.59 Å². The van der Waals surface area contributed by atoms with Crippen LogP contribution in [0.4, 0.5) is 4.79 Å². The maximum absolute atomic E-state index is 12.4. The largest absolute Gasteiger partial charge is 0.481 e. The smallest absolute Gasteiger partial charge is 0.320 e. The lowest BCUT2D eigenvalue weighted by molar-refractivity contribution is -0.138. The fourth-order valence-corrected chi connectivity index (χ4v) is 2.43. The Labute approximate surface area is 115 Å². The number of amides is 2. The number of aliphatic carboxylic acids is 1. The van der Waals surface area contributed by atoms with Crippen LogP contribution in [-0.4, -0.2) is 53.1 Å². The first-order valence-electron chi connectivity index (χ1n) is 7.15. The van der Waals surface area contributed by atoms with Crippen LogP contribution in [0.15, 0.2) is 0 Å². The number of piperidine rings is 1. The van der Waals surface area contributed by atoms with Crippen LogP contribution in [0.5, 0.6) is 0 Å². The number of urea groups is 1. The maximum atomic E-state index is 12.4. The first-order valence-corrected chi connectivity index (χ1v) is 7.15. The molecule has 1 rings (SSSR count). The number of likely N-dealkylation sites (tertiary alicyclic amines) is 1. The fourth-order valence-electron chi connectivity index (χ4n) is 2.43. The minimum Gasteiger partial charge on any atom is -0.481 e. The van der Waals surface area contributed by atoms with E-state index < -0.39 is 5.97 Å². The Morgan fingerprint density at radius 3 is 2.63 bits per heavy atom. The molecule has 0 aromatic heterocycles. The molecule has 0 spiro atoms. The molecule has 1 unspecified atom stereocenters. The zero-order valence-electron chi connectivity index (χ0n) is 12.3. The van der Waals surface area contributed by atoms with Crippen molar-refractivity contribution < 1.29 is 14.7 Å². The molecule has 1 atom stereocenters. The molecule has 0 radical (unpaired) electrons. The molecule has 2 amide bonds. The van der Waals surface area contributed by atoms with Crippen LogP contribution < -0.4 is 0 Å². The van der Waals surface area contributed by atoms with Gasteiger partial charge in [-0.1, -0.05) is 13.8 Å². The van der Waals surface area contributed by atoms with Gasteiger partial charge in [0.1, 0.15) is 0 Å². The highest BCUT2D eigenvalue weighted by molar-refractivity contribution is 5.76. The zero-order chi connectivity index (χ0) is 14.4. The highest BCUT2D eigenvalue weighted by Crippen LogP contribution is 2.21. The molecule has 1 aliphatic rings. The van der Waals surface area contributed by atoms with Crippen LogP contribution in [0.2, 0.25) is 0 Å². The van der Waals surface area contributed by atoms with E-state index >= 15 is 0 Å². The van der Waals surface area contributed by atoms with Gasteiger partial charge in [-0.3, -0.25) is 4.79 Å². The maximum Gasteiger partial charge on any atom is 0.320 e. The highest BCUT2D eigenvalue weighted by Gasteiger charge is 2.30. The number of carboxylic acid groups (broad SMARTS) is 1. The summed E-state index contributed by atoms with van der Waals surface area (Å²) < 4.78 is 0. The van der Waals surface area contributed by atoms with Crippen LogP contribution in [0, 0.1) is 5.92 Å². The quantitative estimate of drug-likeness (QED) is 0.834. The van der Waals surface area contributed by atoms with Gasteiger partial charge in [0, 0.05) is 26.2 Å². The number of rotatable bonds is 5. The second-order valence-corrected chi connectivity index (χ2v) is 5.83. The Balaban J connectivity index is 2.58. The second-order valence-electron chi connectivity index (χ2n) is 5.83.